The van der Waals surface area contributed by atoms with E-state index in [9.17, 15) is 26.4 Å². The molecule has 3 aromatic carbocycles. The van der Waals surface area contributed by atoms with Crippen molar-refractivity contribution in [2.24, 2.45) is 0 Å². The van der Waals surface area contributed by atoms with Gasteiger partial charge in [0.25, 0.3) is 0 Å². The van der Waals surface area contributed by atoms with Crippen LogP contribution < -0.4 is 10.0 Å². The second-order valence-electron chi connectivity index (χ2n) is 7.19. The minimum absolute atomic E-state index is 0.00231. The van der Waals surface area contributed by atoms with Crippen LogP contribution in [0.5, 0.6) is 0 Å². The third-order valence-corrected chi connectivity index (χ3v) is 6.49. The van der Waals surface area contributed by atoms with Crippen LogP contribution in [0.3, 0.4) is 0 Å². The first-order valence-corrected chi connectivity index (χ1v) is 11.7. The Morgan fingerprint density at radius 2 is 1.58 bits per heavy atom. The van der Waals surface area contributed by atoms with Gasteiger partial charge in [-0.3, -0.25) is 4.79 Å². The number of carbonyl (C=O) groups excluding carboxylic acids is 1. The first kappa shape index (κ1) is 24.8. The summed E-state index contributed by atoms with van der Waals surface area (Å²) in [5, 5.41) is 1.97. The van der Waals surface area contributed by atoms with Gasteiger partial charge in [0, 0.05) is 18.7 Å². The summed E-state index contributed by atoms with van der Waals surface area (Å²) < 4.78 is 66.2. The van der Waals surface area contributed by atoms with Gasteiger partial charge in [-0.25, -0.2) is 13.1 Å². The largest absolute Gasteiger partial charge is 0.417 e. The normalized spacial score (nSPS) is 11.9. The van der Waals surface area contributed by atoms with Crippen LogP contribution in [0.15, 0.2) is 77.7 Å². The molecule has 0 radical (unpaired) electrons. The summed E-state index contributed by atoms with van der Waals surface area (Å²) in [7, 11) is -3.70. The molecule has 1 amide bonds. The van der Waals surface area contributed by atoms with E-state index in [1.165, 1.54) is 18.2 Å². The Labute approximate surface area is 194 Å². The second kappa shape index (κ2) is 10.4. The Bertz CT molecular complexity index is 1220. The first-order valence-electron chi connectivity index (χ1n) is 9.84. The third kappa shape index (κ3) is 7.05. The number of alkyl halides is 3. The maximum Gasteiger partial charge on any atom is 0.417 e. The van der Waals surface area contributed by atoms with Crippen LogP contribution in [-0.2, 0) is 34.0 Å². The summed E-state index contributed by atoms with van der Waals surface area (Å²) in [5.74, 6) is -0.480. The molecule has 174 valence electrons. The van der Waals surface area contributed by atoms with E-state index in [4.69, 9.17) is 11.6 Å². The number of rotatable bonds is 8. The highest BCUT2D eigenvalue weighted by molar-refractivity contribution is 7.89. The zero-order valence-electron chi connectivity index (χ0n) is 17.2. The van der Waals surface area contributed by atoms with E-state index in [-0.39, 0.29) is 30.0 Å². The average Bonchev–Trinajstić information content (AvgIpc) is 2.78. The van der Waals surface area contributed by atoms with E-state index in [0.717, 1.165) is 17.7 Å². The predicted molar refractivity (Wildman–Crippen MR) is 120 cm³/mol. The van der Waals surface area contributed by atoms with Gasteiger partial charge in [-0.2, -0.15) is 13.2 Å². The maximum atomic E-state index is 12.9. The zero-order valence-corrected chi connectivity index (χ0v) is 18.8. The maximum absolute atomic E-state index is 12.9. The van der Waals surface area contributed by atoms with Crippen molar-refractivity contribution in [3.05, 3.63) is 94.5 Å². The van der Waals surface area contributed by atoms with Gasteiger partial charge in [0.05, 0.1) is 15.5 Å². The molecule has 0 heterocycles. The summed E-state index contributed by atoms with van der Waals surface area (Å²) in [5.41, 5.74) is 0.494. The number of aryl methyl sites for hydroxylation is 1. The van der Waals surface area contributed by atoms with Gasteiger partial charge < -0.3 is 5.32 Å². The average molecular weight is 497 g/mol. The molecular weight excluding hydrogens is 477 g/mol. The summed E-state index contributed by atoms with van der Waals surface area (Å²) in [6.45, 7) is 0.159. The molecule has 0 aliphatic rings. The molecule has 0 aromatic heterocycles. The number of hydrogen-bond donors (Lipinski definition) is 2. The van der Waals surface area contributed by atoms with Crippen molar-refractivity contribution < 1.29 is 26.4 Å². The van der Waals surface area contributed by atoms with E-state index in [2.05, 4.69) is 10.0 Å². The minimum Gasteiger partial charge on any atom is -0.326 e. The molecule has 0 bridgehead atoms. The standard InChI is InChI=1S/C23H20ClF3N2O3S/c24-21-12-9-18(14-20(21)23(25,26)27)29-22(30)13-8-16-6-10-19(11-7-16)33(31,32)28-15-17-4-2-1-3-5-17/h1-7,9-12,14,28H,8,13,15H2,(H,29,30). The molecule has 0 atom stereocenters. The Balaban J connectivity index is 1.55. The fraction of sp³-hybridized carbons (Fsp3) is 0.174. The number of anilines is 1. The van der Waals surface area contributed by atoms with Crippen molar-refractivity contribution in [1.29, 1.82) is 0 Å². The number of halogens is 4. The minimum atomic E-state index is -4.63. The van der Waals surface area contributed by atoms with Crippen LogP contribution in [-0.4, -0.2) is 14.3 Å². The van der Waals surface area contributed by atoms with Crippen LogP contribution in [0.2, 0.25) is 5.02 Å². The molecule has 3 rings (SSSR count). The van der Waals surface area contributed by atoms with Gasteiger partial charge >= 0.3 is 6.18 Å². The first-order chi connectivity index (χ1) is 15.5. The number of nitrogens with one attached hydrogen (secondary N) is 2. The molecule has 0 saturated carbocycles. The summed E-state index contributed by atoms with van der Waals surface area (Å²) in [4.78, 5) is 12.2. The van der Waals surface area contributed by atoms with Crippen molar-refractivity contribution in [2.75, 3.05) is 5.32 Å². The van der Waals surface area contributed by atoms with Crippen LogP contribution in [0.1, 0.15) is 23.1 Å². The predicted octanol–water partition coefficient (Wildman–Crippen LogP) is 5.41. The highest BCUT2D eigenvalue weighted by atomic mass is 35.5. The van der Waals surface area contributed by atoms with Gasteiger partial charge in [0.1, 0.15) is 0 Å². The quantitative estimate of drug-likeness (QED) is 0.438. The molecule has 10 heteroatoms. The summed E-state index contributed by atoms with van der Waals surface area (Å²) in [6, 6.07) is 18.3. The monoisotopic (exact) mass is 496 g/mol. The molecule has 0 unspecified atom stereocenters. The lowest BCUT2D eigenvalue weighted by Gasteiger charge is -2.12. The van der Waals surface area contributed by atoms with Crippen molar-refractivity contribution in [3.63, 3.8) is 0 Å². The Morgan fingerprint density at radius 3 is 2.21 bits per heavy atom. The van der Waals surface area contributed by atoms with Gasteiger partial charge in [0.2, 0.25) is 15.9 Å². The molecule has 5 nitrogen and oxygen atoms in total. The summed E-state index contributed by atoms with van der Waals surface area (Å²) >= 11 is 5.57. The lowest BCUT2D eigenvalue weighted by atomic mass is 10.1. The molecule has 0 spiro atoms. The number of carbonyl (C=O) groups is 1. The molecule has 0 aliphatic carbocycles. The summed E-state index contributed by atoms with van der Waals surface area (Å²) in [6.07, 6.45) is -4.35. The fourth-order valence-electron chi connectivity index (χ4n) is 2.99. The molecule has 0 aliphatic heterocycles. The van der Waals surface area contributed by atoms with Gasteiger partial charge in [-0.1, -0.05) is 54.1 Å². The number of benzene rings is 3. The number of hydrogen-bond acceptors (Lipinski definition) is 3. The van der Waals surface area contributed by atoms with Crippen molar-refractivity contribution >= 4 is 33.2 Å². The zero-order chi connectivity index (χ0) is 24.1. The molecule has 0 saturated heterocycles. The topological polar surface area (TPSA) is 75.3 Å². The second-order valence-corrected chi connectivity index (χ2v) is 9.37. The Hall–Kier alpha value is -2.88. The lowest BCUT2D eigenvalue weighted by molar-refractivity contribution is -0.137. The van der Waals surface area contributed by atoms with Crippen LogP contribution >= 0.6 is 11.6 Å². The van der Waals surface area contributed by atoms with E-state index in [0.29, 0.717) is 5.56 Å². The van der Waals surface area contributed by atoms with Gasteiger partial charge in [-0.15, -0.1) is 0 Å². The van der Waals surface area contributed by atoms with Crippen molar-refractivity contribution in [1.82, 2.24) is 4.72 Å². The highest BCUT2D eigenvalue weighted by Gasteiger charge is 2.33. The Morgan fingerprint density at radius 1 is 0.909 bits per heavy atom. The van der Waals surface area contributed by atoms with Crippen LogP contribution in [0.25, 0.3) is 0 Å². The smallest absolute Gasteiger partial charge is 0.326 e. The van der Waals surface area contributed by atoms with Crippen molar-refractivity contribution in [2.45, 2.75) is 30.5 Å². The van der Waals surface area contributed by atoms with Gasteiger partial charge in [0.15, 0.2) is 0 Å². The van der Waals surface area contributed by atoms with Crippen molar-refractivity contribution in [3.8, 4) is 0 Å². The van der Waals surface area contributed by atoms with Crippen LogP contribution in [0.4, 0.5) is 18.9 Å². The molecule has 33 heavy (non-hydrogen) atoms. The number of amides is 1. The Kier molecular flexibility index (Phi) is 7.78. The lowest BCUT2D eigenvalue weighted by Crippen LogP contribution is -2.23. The molecular formula is C23H20ClF3N2O3S. The van der Waals surface area contributed by atoms with E-state index in [1.807, 2.05) is 30.3 Å². The fourth-order valence-corrected chi connectivity index (χ4v) is 4.24. The molecule has 3 aromatic rings. The van der Waals surface area contributed by atoms with Gasteiger partial charge in [-0.05, 0) is 47.9 Å². The molecule has 2 N–H and O–H groups in total. The van der Waals surface area contributed by atoms with Crippen LogP contribution in [0, 0.1) is 0 Å². The molecule has 0 fully saturated rings. The third-order valence-electron chi connectivity index (χ3n) is 4.74. The SMILES string of the molecule is O=C(CCc1ccc(S(=O)(=O)NCc2ccccc2)cc1)Nc1ccc(Cl)c(C(F)(F)F)c1. The van der Waals surface area contributed by atoms with E-state index >= 15 is 0 Å². The number of sulfonamides is 1. The van der Waals surface area contributed by atoms with E-state index < -0.39 is 32.7 Å². The van der Waals surface area contributed by atoms with E-state index in [1.54, 1.807) is 12.1 Å². The highest BCUT2D eigenvalue weighted by Crippen LogP contribution is 2.36.